The van der Waals surface area contributed by atoms with E-state index in [2.05, 4.69) is 29.2 Å². The van der Waals surface area contributed by atoms with E-state index < -0.39 is 0 Å². The molecule has 134 valence electrons. The van der Waals surface area contributed by atoms with Crippen LogP contribution < -0.4 is 5.32 Å². The second-order valence-corrected chi connectivity index (χ2v) is 7.18. The van der Waals surface area contributed by atoms with Gasteiger partial charge in [-0.3, -0.25) is 4.79 Å². The van der Waals surface area contributed by atoms with Crippen LogP contribution in [0.4, 0.5) is 5.69 Å². The third-order valence-electron chi connectivity index (χ3n) is 3.90. The van der Waals surface area contributed by atoms with E-state index in [4.69, 9.17) is 12.2 Å². The summed E-state index contributed by atoms with van der Waals surface area (Å²) in [5.41, 5.74) is 3.45. The molecule has 0 bridgehead atoms. The number of carbonyl (C=O) groups is 1. The summed E-state index contributed by atoms with van der Waals surface area (Å²) in [7, 11) is 0. The van der Waals surface area contributed by atoms with Gasteiger partial charge < -0.3 is 10.2 Å². The van der Waals surface area contributed by atoms with Gasteiger partial charge >= 0.3 is 0 Å². The smallest absolute Gasteiger partial charge is 0.234 e. The minimum absolute atomic E-state index is 0.0710. The lowest BCUT2D eigenvalue weighted by Gasteiger charge is -2.20. The predicted octanol–water partition coefficient (Wildman–Crippen LogP) is 3.79. The predicted molar refractivity (Wildman–Crippen MR) is 110 cm³/mol. The van der Waals surface area contributed by atoms with E-state index in [1.807, 2.05) is 48.9 Å². The minimum Gasteiger partial charge on any atom is -0.358 e. The Morgan fingerprint density at radius 2 is 1.88 bits per heavy atom. The molecule has 0 aliphatic rings. The van der Waals surface area contributed by atoms with Crippen LogP contribution in [0.2, 0.25) is 0 Å². The van der Waals surface area contributed by atoms with Crippen LogP contribution >= 0.6 is 24.0 Å². The standard InChI is InChI=1S/C18H24N4OS2/c1-5-21(6-2)18(24)25-12-16(23)19-17-13(3)20-22(14(17)4)15-10-8-7-9-11-15/h7-11H,5-6,12H2,1-4H3,(H,19,23). The number of amides is 1. The summed E-state index contributed by atoms with van der Waals surface area (Å²) >= 11 is 6.76. The molecule has 0 spiro atoms. The minimum atomic E-state index is -0.0710. The number of aromatic nitrogens is 2. The van der Waals surface area contributed by atoms with Gasteiger partial charge in [-0.25, -0.2) is 4.68 Å². The molecule has 5 nitrogen and oxygen atoms in total. The number of carbonyl (C=O) groups excluding carboxylic acids is 1. The van der Waals surface area contributed by atoms with Crippen LogP contribution in [0.1, 0.15) is 25.2 Å². The lowest BCUT2D eigenvalue weighted by molar-refractivity contribution is -0.113. The van der Waals surface area contributed by atoms with Crippen molar-refractivity contribution in [2.45, 2.75) is 27.7 Å². The van der Waals surface area contributed by atoms with E-state index >= 15 is 0 Å². The quantitative estimate of drug-likeness (QED) is 0.778. The van der Waals surface area contributed by atoms with Crippen molar-refractivity contribution in [2.75, 3.05) is 24.2 Å². The maximum absolute atomic E-state index is 12.3. The first-order chi connectivity index (χ1) is 12.0. The third kappa shape index (κ3) is 4.83. The molecule has 1 N–H and O–H groups in total. The number of hydrogen-bond donors (Lipinski definition) is 1. The maximum Gasteiger partial charge on any atom is 0.234 e. The number of aryl methyl sites for hydroxylation is 1. The second-order valence-electron chi connectivity index (χ2n) is 5.57. The zero-order valence-electron chi connectivity index (χ0n) is 15.1. The number of thiocarbonyl (C=S) groups is 1. The molecule has 0 aliphatic heterocycles. The normalized spacial score (nSPS) is 10.6. The Kier molecular flexibility index (Phi) is 7.01. The Morgan fingerprint density at radius 3 is 2.48 bits per heavy atom. The molecule has 1 aromatic heterocycles. The SMILES string of the molecule is CCN(CC)C(=S)SCC(=O)Nc1c(C)nn(-c2ccccc2)c1C. The summed E-state index contributed by atoms with van der Waals surface area (Å²) in [6.45, 7) is 9.67. The number of rotatable bonds is 6. The first-order valence-corrected chi connectivity index (χ1v) is 9.70. The Morgan fingerprint density at radius 1 is 1.24 bits per heavy atom. The average molecular weight is 377 g/mol. The van der Waals surface area contributed by atoms with Crippen LogP contribution in [0.3, 0.4) is 0 Å². The molecule has 0 aliphatic carbocycles. The number of para-hydroxylation sites is 1. The Hall–Kier alpha value is -1.86. The highest BCUT2D eigenvalue weighted by molar-refractivity contribution is 8.23. The zero-order chi connectivity index (χ0) is 18.4. The van der Waals surface area contributed by atoms with Crippen molar-refractivity contribution in [3.63, 3.8) is 0 Å². The van der Waals surface area contributed by atoms with Gasteiger partial charge in [0.2, 0.25) is 5.91 Å². The van der Waals surface area contributed by atoms with E-state index in [1.54, 1.807) is 0 Å². The van der Waals surface area contributed by atoms with Crippen molar-refractivity contribution in [3.05, 3.63) is 41.7 Å². The lowest BCUT2D eigenvalue weighted by atomic mass is 10.3. The van der Waals surface area contributed by atoms with Gasteiger partial charge in [-0.1, -0.05) is 42.2 Å². The third-order valence-corrected chi connectivity index (χ3v) is 5.43. The molecule has 0 atom stereocenters. The van der Waals surface area contributed by atoms with Gasteiger partial charge in [-0.15, -0.1) is 0 Å². The molecular weight excluding hydrogens is 352 g/mol. The van der Waals surface area contributed by atoms with E-state index in [0.29, 0.717) is 5.75 Å². The fraction of sp³-hybridized carbons (Fsp3) is 0.389. The molecular formula is C18H24N4OS2. The number of nitrogens with one attached hydrogen (secondary N) is 1. The van der Waals surface area contributed by atoms with Gasteiger partial charge in [0.25, 0.3) is 0 Å². The number of nitrogens with zero attached hydrogens (tertiary/aromatic N) is 3. The Bertz CT molecular complexity index is 739. The highest BCUT2D eigenvalue weighted by Gasteiger charge is 2.16. The summed E-state index contributed by atoms with van der Waals surface area (Å²) in [5, 5.41) is 7.52. The van der Waals surface area contributed by atoms with Crippen molar-refractivity contribution in [3.8, 4) is 5.69 Å². The van der Waals surface area contributed by atoms with Crippen LogP contribution in [0.25, 0.3) is 5.69 Å². The molecule has 0 fully saturated rings. The molecule has 0 saturated heterocycles. The highest BCUT2D eigenvalue weighted by atomic mass is 32.2. The summed E-state index contributed by atoms with van der Waals surface area (Å²) < 4.78 is 2.60. The Labute approximate surface area is 158 Å². The zero-order valence-corrected chi connectivity index (χ0v) is 16.7. The topological polar surface area (TPSA) is 50.2 Å². The van der Waals surface area contributed by atoms with E-state index in [0.717, 1.165) is 40.2 Å². The second kappa shape index (κ2) is 9.01. The van der Waals surface area contributed by atoms with Gasteiger partial charge in [0.1, 0.15) is 4.32 Å². The molecule has 2 rings (SSSR count). The van der Waals surface area contributed by atoms with Crippen molar-refractivity contribution < 1.29 is 4.79 Å². The number of anilines is 1. The molecule has 1 amide bonds. The van der Waals surface area contributed by atoms with E-state index in [9.17, 15) is 4.79 Å². The van der Waals surface area contributed by atoms with Crippen LogP contribution in [-0.4, -0.2) is 43.8 Å². The summed E-state index contributed by atoms with van der Waals surface area (Å²) in [6, 6.07) is 9.88. The largest absolute Gasteiger partial charge is 0.358 e. The first-order valence-electron chi connectivity index (χ1n) is 8.31. The van der Waals surface area contributed by atoms with Crippen LogP contribution in [0.15, 0.2) is 30.3 Å². The molecule has 0 radical (unpaired) electrons. The average Bonchev–Trinajstić information content (AvgIpc) is 2.90. The van der Waals surface area contributed by atoms with E-state index in [-0.39, 0.29) is 5.91 Å². The summed E-state index contributed by atoms with van der Waals surface area (Å²) in [5.74, 6) is 0.225. The molecule has 0 unspecified atom stereocenters. The summed E-state index contributed by atoms with van der Waals surface area (Å²) in [4.78, 5) is 14.4. The van der Waals surface area contributed by atoms with Crippen LogP contribution in [0.5, 0.6) is 0 Å². The molecule has 0 saturated carbocycles. The molecule has 2 aromatic rings. The summed E-state index contributed by atoms with van der Waals surface area (Å²) in [6.07, 6.45) is 0. The van der Waals surface area contributed by atoms with Crippen molar-refractivity contribution in [2.24, 2.45) is 0 Å². The van der Waals surface area contributed by atoms with Gasteiger partial charge in [0.05, 0.1) is 28.5 Å². The van der Waals surface area contributed by atoms with Gasteiger partial charge in [-0.05, 0) is 39.8 Å². The molecule has 1 heterocycles. The van der Waals surface area contributed by atoms with Gasteiger partial charge in [0, 0.05) is 13.1 Å². The van der Waals surface area contributed by atoms with Crippen molar-refractivity contribution in [1.82, 2.24) is 14.7 Å². The molecule has 7 heteroatoms. The van der Waals surface area contributed by atoms with Crippen LogP contribution in [0, 0.1) is 13.8 Å². The number of benzene rings is 1. The van der Waals surface area contributed by atoms with Crippen molar-refractivity contribution in [1.29, 1.82) is 0 Å². The van der Waals surface area contributed by atoms with Gasteiger partial charge in [-0.2, -0.15) is 5.10 Å². The lowest BCUT2D eigenvalue weighted by Crippen LogP contribution is -2.28. The molecule has 1 aromatic carbocycles. The monoisotopic (exact) mass is 376 g/mol. The fourth-order valence-electron chi connectivity index (χ4n) is 2.52. The Balaban J connectivity index is 2.04. The van der Waals surface area contributed by atoms with Gasteiger partial charge in [0.15, 0.2) is 0 Å². The maximum atomic E-state index is 12.3. The van der Waals surface area contributed by atoms with E-state index in [1.165, 1.54) is 11.8 Å². The van der Waals surface area contributed by atoms with Crippen LogP contribution in [-0.2, 0) is 4.79 Å². The number of hydrogen-bond acceptors (Lipinski definition) is 4. The fourth-order valence-corrected chi connectivity index (χ4v) is 3.72. The number of thioether (sulfide) groups is 1. The first kappa shape index (κ1) is 19.5. The highest BCUT2D eigenvalue weighted by Crippen LogP contribution is 2.23. The molecule has 25 heavy (non-hydrogen) atoms. The van der Waals surface area contributed by atoms with Crippen molar-refractivity contribution >= 4 is 39.9 Å².